The molecule has 2 aromatic carbocycles. The van der Waals surface area contributed by atoms with Crippen molar-refractivity contribution in [2.24, 2.45) is 5.92 Å². The third kappa shape index (κ3) is 3.18. The van der Waals surface area contributed by atoms with Gasteiger partial charge in [0.1, 0.15) is 5.52 Å². The van der Waals surface area contributed by atoms with Crippen molar-refractivity contribution >= 4 is 22.5 Å². The molecule has 1 aromatic heterocycles. The molecule has 0 unspecified atom stereocenters. The number of rotatable bonds is 5. The molecular formula is C22H24N4O2. The molecule has 2 aliphatic rings. The molecule has 3 aromatic rings. The van der Waals surface area contributed by atoms with Gasteiger partial charge in [0.2, 0.25) is 0 Å². The molecule has 2 saturated heterocycles. The number of fused-ring (bicyclic) bond motifs is 1. The fourth-order valence-electron chi connectivity index (χ4n) is 4.41. The number of carbonyl (C=O) groups excluding carboxylic acids is 1. The van der Waals surface area contributed by atoms with Crippen molar-refractivity contribution in [3.63, 3.8) is 0 Å². The maximum absolute atomic E-state index is 11.8. The summed E-state index contributed by atoms with van der Waals surface area (Å²) in [5, 5.41) is 8.22. The number of aromatic nitrogens is 2. The van der Waals surface area contributed by atoms with Crippen molar-refractivity contribution < 1.29 is 9.42 Å². The van der Waals surface area contributed by atoms with Crippen LogP contribution in [0.2, 0.25) is 0 Å². The van der Waals surface area contributed by atoms with E-state index in [1.165, 1.54) is 32.5 Å². The van der Waals surface area contributed by atoms with Crippen LogP contribution in [0.1, 0.15) is 30.1 Å². The lowest BCUT2D eigenvalue weighted by atomic mass is 9.96. The van der Waals surface area contributed by atoms with Gasteiger partial charge in [-0.2, -0.15) is 0 Å². The van der Waals surface area contributed by atoms with E-state index in [-0.39, 0.29) is 5.78 Å². The van der Waals surface area contributed by atoms with Gasteiger partial charge in [-0.3, -0.25) is 4.79 Å². The maximum atomic E-state index is 11.8. The van der Waals surface area contributed by atoms with Crippen molar-refractivity contribution in [1.82, 2.24) is 15.2 Å². The first kappa shape index (κ1) is 17.4. The molecule has 0 N–H and O–H groups in total. The zero-order chi connectivity index (χ0) is 19.1. The van der Waals surface area contributed by atoms with Crippen LogP contribution in [0.25, 0.3) is 22.2 Å². The van der Waals surface area contributed by atoms with E-state index in [2.05, 4.69) is 26.2 Å². The highest BCUT2D eigenvalue weighted by molar-refractivity contribution is 5.97. The Morgan fingerprint density at radius 1 is 1.11 bits per heavy atom. The number of nitrogens with zero attached hydrogens (tertiary/aromatic N) is 4. The Morgan fingerprint density at radius 2 is 1.93 bits per heavy atom. The number of Topliss-reactive ketones (excluding diaryl/α,β-unsaturated/α-hetero) is 1. The van der Waals surface area contributed by atoms with Crippen LogP contribution in [-0.2, 0) is 0 Å². The van der Waals surface area contributed by atoms with Crippen molar-refractivity contribution in [1.29, 1.82) is 0 Å². The number of anilines is 1. The highest BCUT2D eigenvalue weighted by Crippen LogP contribution is 2.35. The van der Waals surface area contributed by atoms with E-state index in [0.717, 1.165) is 40.9 Å². The topological polar surface area (TPSA) is 62.5 Å². The normalized spacial score (nSPS) is 18.0. The summed E-state index contributed by atoms with van der Waals surface area (Å²) in [4.78, 5) is 16.7. The van der Waals surface area contributed by atoms with E-state index in [1.807, 2.05) is 30.3 Å². The SMILES string of the molecule is CC(=O)c1cccc(-c2cc(N3CC(CN4CCCC4)C3)c3nonc3c2)c1. The average molecular weight is 376 g/mol. The fraction of sp³-hybridized carbons (Fsp3) is 0.409. The molecule has 3 heterocycles. The molecular weight excluding hydrogens is 352 g/mol. The van der Waals surface area contributed by atoms with E-state index in [9.17, 15) is 4.79 Å². The molecule has 0 amide bonds. The minimum atomic E-state index is 0.0683. The summed E-state index contributed by atoms with van der Waals surface area (Å²) in [6.07, 6.45) is 2.67. The number of hydrogen-bond acceptors (Lipinski definition) is 6. The molecule has 0 radical (unpaired) electrons. The number of carbonyl (C=O) groups is 1. The quantitative estimate of drug-likeness (QED) is 0.634. The molecule has 0 aliphatic carbocycles. The van der Waals surface area contributed by atoms with Crippen LogP contribution in [0.15, 0.2) is 41.0 Å². The van der Waals surface area contributed by atoms with E-state index >= 15 is 0 Å². The summed E-state index contributed by atoms with van der Waals surface area (Å²) >= 11 is 0. The number of ketones is 1. The van der Waals surface area contributed by atoms with Gasteiger partial charge in [-0.15, -0.1) is 0 Å². The van der Waals surface area contributed by atoms with Gasteiger partial charge in [0.15, 0.2) is 11.3 Å². The predicted octanol–water partition coefficient (Wildman–Crippen LogP) is 3.62. The second-order valence-corrected chi connectivity index (χ2v) is 8.04. The van der Waals surface area contributed by atoms with Crippen LogP contribution in [0.5, 0.6) is 0 Å². The van der Waals surface area contributed by atoms with Crippen molar-refractivity contribution in [3.05, 3.63) is 42.0 Å². The molecule has 6 heteroatoms. The highest BCUT2D eigenvalue weighted by Gasteiger charge is 2.31. The first-order valence-corrected chi connectivity index (χ1v) is 10.0. The Labute approximate surface area is 164 Å². The molecule has 144 valence electrons. The second-order valence-electron chi connectivity index (χ2n) is 8.04. The molecule has 0 spiro atoms. The lowest BCUT2D eigenvalue weighted by Gasteiger charge is -2.42. The molecule has 2 fully saturated rings. The molecule has 0 atom stereocenters. The fourth-order valence-corrected chi connectivity index (χ4v) is 4.41. The smallest absolute Gasteiger partial charge is 0.159 e. The van der Waals surface area contributed by atoms with Gasteiger partial charge in [-0.25, -0.2) is 4.63 Å². The summed E-state index contributed by atoms with van der Waals surface area (Å²) < 4.78 is 5.02. The third-order valence-corrected chi connectivity index (χ3v) is 5.96. The Morgan fingerprint density at radius 3 is 2.71 bits per heavy atom. The summed E-state index contributed by atoms with van der Waals surface area (Å²) in [5.41, 5.74) is 5.39. The van der Waals surface area contributed by atoms with Crippen LogP contribution < -0.4 is 4.90 Å². The molecule has 6 nitrogen and oxygen atoms in total. The summed E-state index contributed by atoms with van der Waals surface area (Å²) in [7, 11) is 0. The standard InChI is InChI=1S/C22H24N4O2/c1-15(27)17-5-4-6-18(9-17)19-10-20-22(24-28-23-20)21(11-19)26-13-16(14-26)12-25-7-2-3-8-25/h4-6,9-11,16H,2-3,7-8,12-14H2,1H3. The first-order valence-electron chi connectivity index (χ1n) is 10.0. The van der Waals surface area contributed by atoms with Crippen LogP contribution in [0.4, 0.5) is 5.69 Å². The van der Waals surface area contributed by atoms with Gasteiger partial charge in [0, 0.05) is 31.1 Å². The van der Waals surface area contributed by atoms with Crippen molar-refractivity contribution in [2.45, 2.75) is 19.8 Å². The van der Waals surface area contributed by atoms with Crippen molar-refractivity contribution in [2.75, 3.05) is 37.6 Å². The molecule has 0 saturated carbocycles. The van der Waals surface area contributed by atoms with Gasteiger partial charge in [-0.05, 0) is 72.5 Å². The lowest BCUT2D eigenvalue weighted by Crippen LogP contribution is -2.51. The van der Waals surface area contributed by atoms with Gasteiger partial charge in [-0.1, -0.05) is 18.2 Å². The molecule has 28 heavy (non-hydrogen) atoms. The Balaban J connectivity index is 1.42. The number of likely N-dealkylation sites (tertiary alicyclic amines) is 1. The van der Waals surface area contributed by atoms with Crippen molar-refractivity contribution in [3.8, 4) is 11.1 Å². The van der Waals surface area contributed by atoms with Gasteiger partial charge in [0.25, 0.3) is 0 Å². The first-order chi connectivity index (χ1) is 13.7. The van der Waals surface area contributed by atoms with Crippen LogP contribution in [0.3, 0.4) is 0 Å². The summed E-state index contributed by atoms with van der Waals surface area (Å²) in [6.45, 7) is 7.35. The lowest BCUT2D eigenvalue weighted by molar-refractivity contribution is 0.101. The van der Waals surface area contributed by atoms with E-state index in [1.54, 1.807) is 6.92 Å². The predicted molar refractivity (Wildman–Crippen MR) is 109 cm³/mol. The Hall–Kier alpha value is -2.73. The largest absolute Gasteiger partial charge is 0.369 e. The minimum Gasteiger partial charge on any atom is -0.369 e. The third-order valence-electron chi connectivity index (χ3n) is 5.96. The summed E-state index contributed by atoms with van der Waals surface area (Å²) in [5.74, 6) is 0.774. The zero-order valence-electron chi connectivity index (χ0n) is 16.1. The highest BCUT2D eigenvalue weighted by atomic mass is 16.6. The van der Waals surface area contributed by atoms with Crippen LogP contribution in [0, 0.1) is 5.92 Å². The molecule has 0 bridgehead atoms. The van der Waals surface area contributed by atoms with E-state index in [0.29, 0.717) is 11.5 Å². The van der Waals surface area contributed by atoms with Crippen LogP contribution >= 0.6 is 0 Å². The van der Waals surface area contributed by atoms with E-state index in [4.69, 9.17) is 4.63 Å². The molecule has 5 rings (SSSR count). The minimum absolute atomic E-state index is 0.0683. The zero-order valence-corrected chi connectivity index (χ0v) is 16.1. The van der Waals surface area contributed by atoms with Gasteiger partial charge in [0.05, 0.1) is 5.69 Å². The van der Waals surface area contributed by atoms with Gasteiger partial charge < -0.3 is 9.80 Å². The number of benzene rings is 2. The Bertz CT molecular complexity index is 1020. The Kier molecular flexibility index (Phi) is 4.36. The van der Waals surface area contributed by atoms with E-state index < -0.39 is 0 Å². The van der Waals surface area contributed by atoms with Crippen LogP contribution in [-0.4, -0.2) is 53.7 Å². The second kappa shape index (κ2) is 7.02. The molecule has 2 aliphatic heterocycles. The summed E-state index contributed by atoms with van der Waals surface area (Å²) in [6, 6.07) is 11.9. The monoisotopic (exact) mass is 376 g/mol. The van der Waals surface area contributed by atoms with Gasteiger partial charge >= 0.3 is 0 Å². The maximum Gasteiger partial charge on any atom is 0.159 e. The average Bonchev–Trinajstić information content (AvgIpc) is 3.35. The number of hydrogen-bond donors (Lipinski definition) is 0.